The minimum Gasteiger partial charge on any atom is -0.337 e. The lowest BCUT2D eigenvalue weighted by molar-refractivity contribution is -0.137. The molecule has 1 unspecified atom stereocenters. The van der Waals surface area contributed by atoms with Crippen LogP contribution in [0, 0.1) is 12.7 Å². The summed E-state index contributed by atoms with van der Waals surface area (Å²) < 4.78 is 32.1. The van der Waals surface area contributed by atoms with Crippen LogP contribution in [0.4, 0.5) is 14.6 Å². The standard InChI is InChI=1S/C31H27F2N7O3/c1-18-11-29(40(37-18)27-6-4-3-5-25(27)33)36-31(43)28-13-22(32)15-39(28)30(42)17-38-16-24(19(2)41)23-12-20(7-8-26(23)38)21-9-10-34-35-14-21/h3-12,14,16,22,28H,13,15,17H2,1-2H3,(H,36,43)/t22?,28-/m0/s1. The van der Waals surface area contributed by atoms with Gasteiger partial charge in [0.2, 0.25) is 11.8 Å². The van der Waals surface area contributed by atoms with Gasteiger partial charge in [-0.25, -0.2) is 13.5 Å². The molecule has 1 aliphatic heterocycles. The number of aryl methyl sites for hydroxylation is 1. The number of hydrogen-bond acceptors (Lipinski definition) is 6. The van der Waals surface area contributed by atoms with Crippen LogP contribution in [-0.4, -0.2) is 65.8 Å². The van der Waals surface area contributed by atoms with E-state index in [0.29, 0.717) is 22.2 Å². The van der Waals surface area contributed by atoms with Crippen molar-refractivity contribution in [3.63, 3.8) is 0 Å². The SMILES string of the molecule is CC(=O)c1cn(CC(=O)N2CC(F)C[C@H]2C(=O)Nc2cc(C)nn2-c2ccccc2F)c2ccc(-c3ccnnc3)cc12. The molecule has 0 aliphatic carbocycles. The highest BCUT2D eigenvalue weighted by Gasteiger charge is 2.40. The van der Waals surface area contributed by atoms with Gasteiger partial charge in [0.25, 0.3) is 0 Å². The molecule has 1 N–H and O–H groups in total. The molecule has 2 aromatic carbocycles. The maximum absolute atomic E-state index is 14.7. The van der Waals surface area contributed by atoms with Gasteiger partial charge in [-0.1, -0.05) is 18.2 Å². The number of para-hydroxylation sites is 1. The van der Waals surface area contributed by atoms with Crippen LogP contribution in [0.15, 0.2) is 73.2 Å². The Bertz CT molecular complexity index is 1870. The lowest BCUT2D eigenvalue weighted by Crippen LogP contribution is -2.44. The molecule has 43 heavy (non-hydrogen) atoms. The van der Waals surface area contributed by atoms with Gasteiger partial charge in [0, 0.05) is 40.7 Å². The van der Waals surface area contributed by atoms with Crippen LogP contribution in [-0.2, 0) is 16.1 Å². The summed E-state index contributed by atoms with van der Waals surface area (Å²) in [4.78, 5) is 40.7. The minimum absolute atomic E-state index is 0.137. The Hall–Kier alpha value is -5.26. The smallest absolute Gasteiger partial charge is 0.248 e. The van der Waals surface area contributed by atoms with Crippen LogP contribution in [0.5, 0.6) is 0 Å². The molecule has 218 valence electrons. The number of fused-ring (bicyclic) bond motifs is 1. The van der Waals surface area contributed by atoms with E-state index in [4.69, 9.17) is 0 Å². The fourth-order valence-electron chi connectivity index (χ4n) is 5.50. The van der Waals surface area contributed by atoms with E-state index in [2.05, 4.69) is 20.6 Å². The van der Waals surface area contributed by atoms with Gasteiger partial charge in [-0.05, 0) is 49.7 Å². The van der Waals surface area contributed by atoms with Crippen molar-refractivity contribution in [1.82, 2.24) is 29.4 Å². The molecule has 2 atom stereocenters. The fourth-order valence-corrected chi connectivity index (χ4v) is 5.50. The summed E-state index contributed by atoms with van der Waals surface area (Å²) >= 11 is 0. The number of carbonyl (C=O) groups is 3. The zero-order valence-corrected chi connectivity index (χ0v) is 23.4. The Morgan fingerprint density at radius 2 is 1.86 bits per heavy atom. The molecule has 2 amide bonds. The number of nitrogens with zero attached hydrogens (tertiary/aromatic N) is 6. The van der Waals surface area contributed by atoms with Crippen LogP contribution in [0.1, 0.15) is 29.4 Å². The second-order valence-electron chi connectivity index (χ2n) is 10.5. The van der Waals surface area contributed by atoms with Gasteiger partial charge in [-0.2, -0.15) is 15.3 Å². The number of hydrogen-bond donors (Lipinski definition) is 1. The number of ketones is 1. The summed E-state index contributed by atoms with van der Waals surface area (Å²) in [5.41, 5.74) is 3.40. The number of rotatable bonds is 7. The summed E-state index contributed by atoms with van der Waals surface area (Å²) in [6.45, 7) is 2.69. The van der Waals surface area contributed by atoms with Gasteiger partial charge >= 0.3 is 0 Å². The summed E-state index contributed by atoms with van der Waals surface area (Å²) in [6, 6.07) is 13.8. The van der Waals surface area contributed by atoms with Crippen molar-refractivity contribution in [3.05, 3.63) is 90.3 Å². The molecule has 0 bridgehead atoms. The third-order valence-electron chi connectivity index (χ3n) is 7.52. The van der Waals surface area contributed by atoms with Crippen molar-refractivity contribution >= 4 is 34.3 Å². The highest BCUT2D eigenvalue weighted by Crippen LogP contribution is 2.29. The number of benzene rings is 2. The van der Waals surface area contributed by atoms with E-state index < -0.39 is 29.8 Å². The first-order chi connectivity index (χ1) is 20.7. The molecule has 4 heterocycles. The Morgan fingerprint density at radius 3 is 2.60 bits per heavy atom. The number of likely N-dealkylation sites (tertiary alicyclic amines) is 1. The number of nitrogens with one attached hydrogen (secondary N) is 1. The molecule has 0 radical (unpaired) electrons. The van der Waals surface area contributed by atoms with E-state index in [1.807, 2.05) is 18.2 Å². The van der Waals surface area contributed by atoms with E-state index in [9.17, 15) is 23.2 Å². The topological polar surface area (TPSA) is 115 Å². The van der Waals surface area contributed by atoms with E-state index in [1.54, 1.807) is 54.3 Å². The van der Waals surface area contributed by atoms with Crippen molar-refractivity contribution in [3.8, 4) is 16.8 Å². The molecule has 12 heteroatoms. The van der Waals surface area contributed by atoms with E-state index in [0.717, 1.165) is 11.1 Å². The van der Waals surface area contributed by atoms with E-state index >= 15 is 0 Å². The van der Waals surface area contributed by atoms with Crippen molar-refractivity contribution in [2.75, 3.05) is 11.9 Å². The zero-order chi connectivity index (χ0) is 30.2. The quantitative estimate of drug-likeness (QED) is 0.282. The highest BCUT2D eigenvalue weighted by atomic mass is 19.1. The predicted molar refractivity (Wildman–Crippen MR) is 155 cm³/mol. The molecule has 5 aromatic rings. The first-order valence-electron chi connectivity index (χ1n) is 13.7. The van der Waals surface area contributed by atoms with Crippen LogP contribution < -0.4 is 5.32 Å². The van der Waals surface area contributed by atoms with Crippen LogP contribution in [0.3, 0.4) is 0 Å². The molecule has 10 nitrogen and oxygen atoms in total. The van der Waals surface area contributed by atoms with Gasteiger partial charge in [0.05, 0.1) is 24.6 Å². The summed E-state index contributed by atoms with van der Waals surface area (Å²) in [5, 5.41) is 15.4. The molecular formula is C31H27F2N7O3. The van der Waals surface area contributed by atoms with Gasteiger partial charge in [0.15, 0.2) is 5.78 Å². The fraction of sp³-hybridized carbons (Fsp3) is 0.226. The Balaban J connectivity index is 1.26. The largest absolute Gasteiger partial charge is 0.337 e. The normalized spacial score (nSPS) is 16.5. The molecule has 0 spiro atoms. The first kappa shape index (κ1) is 27.9. The monoisotopic (exact) mass is 583 g/mol. The predicted octanol–water partition coefficient (Wildman–Crippen LogP) is 4.51. The summed E-state index contributed by atoms with van der Waals surface area (Å²) in [5.74, 6) is -1.59. The molecule has 3 aromatic heterocycles. The maximum Gasteiger partial charge on any atom is 0.248 e. The molecule has 0 saturated carbocycles. The number of alkyl halides is 1. The van der Waals surface area contributed by atoms with Crippen molar-refractivity contribution < 1.29 is 23.2 Å². The first-order valence-corrected chi connectivity index (χ1v) is 13.7. The lowest BCUT2D eigenvalue weighted by atomic mass is 10.0. The molecule has 1 aliphatic rings. The number of aromatic nitrogens is 5. The molecule has 1 saturated heterocycles. The summed E-state index contributed by atoms with van der Waals surface area (Å²) in [6.07, 6.45) is 3.21. The van der Waals surface area contributed by atoms with Crippen molar-refractivity contribution in [2.45, 2.75) is 39.0 Å². The second kappa shape index (κ2) is 11.2. The number of anilines is 1. The Labute approximate surface area is 244 Å². The van der Waals surface area contributed by atoms with Gasteiger partial charge in [-0.15, -0.1) is 0 Å². The van der Waals surface area contributed by atoms with E-state index in [-0.39, 0.29) is 36.8 Å². The minimum atomic E-state index is -1.40. The number of carbonyl (C=O) groups excluding carboxylic acids is 3. The Kier molecular flexibility index (Phi) is 7.26. The third-order valence-corrected chi connectivity index (χ3v) is 7.52. The number of halogens is 2. The van der Waals surface area contributed by atoms with Gasteiger partial charge in [-0.3, -0.25) is 14.4 Å². The average Bonchev–Trinajstić information content (AvgIpc) is 3.68. The van der Waals surface area contributed by atoms with Crippen LogP contribution >= 0.6 is 0 Å². The zero-order valence-electron chi connectivity index (χ0n) is 23.4. The average molecular weight is 584 g/mol. The van der Waals surface area contributed by atoms with E-state index in [1.165, 1.54) is 28.6 Å². The third kappa shape index (κ3) is 5.39. The lowest BCUT2D eigenvalue weighted by Gasteiger charge is -2.24. The number of Topliss-reactive ketones (excluding diaryl/α,β-unsaturated/α-hetero) is 1. The molecule has 1 fully saturated rings. The van der Waals surface area contributed by atoms with Gasteiger partial charge < -0.3 is 14.8 Å². The van der Waals surface area contributed by atoms with Crippen molar-refractivity contribution in [2.24, 2.45) is 0 Å². The molecular weight excluding hydrogens is 556 g/mol. The van der Waals surface area contributed by atoms with Crippen molar-refractivity contribution in [1.29, 1.82) is 0 Å². The second-order valence-corrected chi connectivity index (χ2v) is 10.5. The highest BCUT2D eigenvalue weighted by molar-refractivity contribution is 6.08. The molecule has 6 rings (SSSR count). The van der Waals surface area contributed by atoms with Crippen LogP contribution in [0.25, 0.3) is 27.7 Å². The summed E-state index contributed by atoms with van der Waals surface area (Å²) in [7, 11) is 0. The Morgan fingerprint density at radius 1 is 1.05 bits per heavy atom. The number of amides is 2. The maximum atomic E-state index is 14.7. The van der Waals surface area contributed by atoms with Gasteiger partial charge in [0.1, 0.15) is 36.1 Å². The van der Waals surface area contributed by atoms with Crippen LogP contribution in [0.2, 0.25) is 0 Å².